The van der Waals surface area contributed by atoms with Crippen molar-refractivity contribution in [1.82, 2.24) is 0 Å². The summed E-state index contributed by atoms with van der Waals surface area (Å²) >= 11 is 0. The first-order chi connectivity index (χ1) is 14.7. The molecule has 0 amide bonds. The number of allylic oxidation sites excluding steroid dienone is 4. The van der Waals surface area contributed by atoms with Gasteiger partial charge in [0.1, 0.15) is 5.82 Å². The fourth-order valence-electron chi connectivity index (χ4n) is 4.40. The molecule has 0 atom stereocenters. The minimum Gasteiger partial charge on any atom is -0.207 e. The molecule has 1 aliphatic rings. The molecule has 0 saturated heterocycles. The highest BCUT2D eigenvalue weighted by atomic mass is 19.1. The summed E-state index contributed by atoms with van der Waals surface area (Å²) in [5, 5.41) is 2.56. The maximum Gasteiger partial charge on any atom is 0.124 e. The summed E-state index contributed by atoms with van der Waals surface area (Å²) in [6.07, 6.45) is 8.81. The summed E-state index contributed by atoms with van der Waals surface area (Å²) in [4.78, 5) is 0. The van der Waals surface area contributed by atoms with Crippen molar-refractivity contribution in [3.8, 4) is 22.3 Å². The van der Waals surface area contributed by atoms with E-state index in [-0.39, 0.29) is 5.82 Å². The molecule has 0 aromatic heterocycles. The SMILES string of the molecule is Cc1cc(F)cc(-c2ccc(-c3ccc(C4=CC=CCC4)c4ccccc34)cc2)c1. The highest BCUT2D eigenvalue weighted by molar-refractivity contribution is 6.03. The quantitative estimate of drug-likeness (QED) is 0.330. The molecule has 0 N–H and O–H groups in total. The van der Waals surface area contributed by atoms with Gasteiger partial charge in [0, 0.05) is 0 Å². The van der Waals surface area contributed by atoms with Gasteiger partial charge in [0.05, 0.1) is 0 Å². The van der Waals surface area contributed by atoms with Crippen LogP contribution in [0.2, 0.25) is 0 Å². The summed E-state index contributed by atoms with van der Waals surface area (Å²) in [6.45, 7) is 1.92. The summed E-state index contributed by atoms with van der Waals surface area (Å²) in [6, 6.07) is 26.8. The fourth-order valence-corrected chi connectivity index (χ4v) is 4.40. The van der Waals surface area contributed by atoms with Crippen LogP contribution in [0.5, 0.6) is 0 Å². The third-order valence-corrected chi connectivity index (χ3v) is 5.86. The van der Waals surface area contributed by atoms with Gasteiger partial charge in [-0.2, -0.15) is 0 Å². The van der Waals surface area contributed by atoms with Crippen LogP contribution in [0.15, 0.2) is 97.1 Å². The van der Waals surface area contributed by atoms with Crippen LogP contribution < -0.4 is 0 Å². The van der Waals surface area contributed by atoms with E-state index in [1.54, 1.807) is 12.1 Å². The van der Waals surface area contributed by atoms with Crippen molar-refractivity contribution in [3.05, 3.63) is 114 Å². The molecule has 1 heteroatoms. The Labute approximate surface area is 177 Å². The van der Waals surface area contributed by atoms with Crippen molar-refractivity contribution < 1.29 is 4.39 Å². The molecule has 0 heterocycles. The monoisotopic (exact) mass is 390 g/mol. The number of hydrogen-bond donors (Lipinski definition) is 0. The molecule has 1 aliphatic carbocycles. The second-order valence-electron chi connectivity index (χ2n) is 7.96. The number of benzene rings is 4. The predicted molar refractivity (Wildman–Crippen MR) is 126 cm³/mol. The van der Waals surface area contributed by atoms with Gasteiger partial charge in [-0.1, -0.05) is 85.0 Å². The Kier molecular flexibility index (Phi) is 4.80. The molecule has 0 fully saturated rings. The van der Waals surface area contributed by atoms with Crippen molar-refractivity contribution >= 4 is 16.3 Å². The van der Waals surface area contributed by atoms with Gasteiger partial charge in [0.25, 0.3) is 0 Å². The van der Waals surface area contributed by atoms with Crippen LogP contribution >= 0.6 is 0 Å². The van der Waals surface area contributed by atoms with E-state index < -0.39 is 0 Å². The normalized spacial score (nSPS) is 13.5. The number of halogens is 1. The first-order valence-electron chi connectivity index (χ1n) is 10.4. The summed E-state index contributed by atoms with van der Waals surface area (Å²) in [5.74, 6) is -0.192. The Morgan fingerprint density at radius 3 is 2.10 bits per heavy atom. The van der Waals surface area contributed by atoms with Crippen LogP contribution in [0, 0.1) is 12.7 Å². The molecular weight excluding hydrogens is 367 g/mol. The van der Waals surface area contributed by atoms with Crippen molar-refractivity contribution in [3.63, 3.8) is 0 Å². The minimum absolute atomic E-state index is 0.192. The van der Waals surface area contributed by atoms with Crippen molar-refractivity contribution in [1.29, 1.82) is 0 Å². The maximum absolute atomic E-state index is 13.8. The average molecular weight is 391 g/mol. The van der Waals surface area contributed by atoms with Crippen LogP contribution in [0.3, 0.4) is 0 Å². The first kappa shape index (κ1) is 18.6. The van der Waals surface area contributed by atoms with Gasteiger partial charge >= 0.3 is 0 Å². The van der Waals surface area contributed by atoms with Crippen molar-refractivity contribution in [2.75, 3.05) is 0 Å². The van der Waals surface area contributed by atoms with E-state index in [4.69, 9.17) is 0 Å². The third kappa shape index (κ3) is 3.48. The number of aryl methyl sites for hydroxylation is 1. The third-order valence-electron chi connectivity index (χ3n) is 5.86. The Balaban J connectivity index is 1.58. The van der Waals surface area contributed by atoms with Gasteiger partial charge in [-0.05, 0) is 81.6 Å². The van der Waals surface area contributed by atoms with Gasteiger partial charge in [0.15, 0.2) is 0 Å². The lowest BCUT2D eigenvalue weighted by Gasteiger charge is -2.15. The van der Waals surface area contributed by atoms with E-state index in [0.29, 0.717) is 0 Å². The zero-order valence-electron chi connectivity index (χ0n) is 17.0. The predicted octanol–water partition coefficient (Wildman–Crippen LogP) is 8.35. The molecule has 146 valence electrons. The molecule has 0 spiro atoms. The zero-order valence-corrected chi connectivity index (χ0v) is 17.0. The smallest absolute Gasteiger partial charge is 0.124 e. The average Bonchev–Trinajstić information content (AvgIpc) is 2.78. The lowest BCUT2D eigenvalue weighted by Crippen LogP contribution is -1.92. The lowest BCUT2D eigenvalue weighted by atomic mass is 9.89. The summed E-state index contributed by atoms with van der Waals surface area (Å²) in [5.41, 5.74) is 8.00. The molecule has 0 radical (unpaired) electrons. The van der Waals surface area contributed by atoms with Gasteiger partial charge in [-0.15, -0.1) is 0 Å². The van der Waals surface area contributed by atoms with E-state index in [1.807, 2.05) is 13.0 Å². The topological polar surface area (TPSA) is 0 Å². The molecule has 0 nitrogen and oxygen atoms in total. The molecule has 4 aromatic rings. The van der Waals surface area contributed by atoms with Crippen LogP contribution in [0.4, 0.5) is 4.39 Å². The van der Waals surface area contributed by atoms with E-state index in [0.717, 1.165) is 29.5 Å². The van der Waals surface area contributed by atoms with Gasteiger partial charge < -0.3 is 0 Å². The highest BCUT2D eigenvalue weighted by Gasteiger charge is 2.12. The second kappa shape index (κ2) is 7.76. The van der Waals surface area contributed by atoms with Crippen LogP contribution in [0.25, 0.3) is 38.6 Å². The van der Waals surface area contributed by atoms with Crippen LogP contribution in [-0.2, 0) is 0 Å². The summed E-state index contributed by atoms with van der Waals surface area (Å²) < 4.78 is 13.8. The molecule has 30 heavy (non-hydrogen) atoms. The Morgan fingerprint density at radius 1 is 0.700 bits per heavy atom. The van der Waals surface area contributed by atoms with Gasteiger partial charge in [-0.3, -0.25) is 0 Å². The molecule has 0 saturated carbocycles. The summed E-state index contributed by atoms with van der Waals surface area (Å²) in [7, 11) is 0. The minimum atomic E-state index is -0.192. The number of rotatable bonds is 3. The molecular formula is C29H23F. The number of fused-ring (bicyclic) bond motifs is 1. The fraction of sp³-hybridized carbons (Fsp3) is 0.103. The maximum atomic E-state index is 13.8. The Morgan fingerprint density at radius 2 is 1.40 bits per heavy atom. The second-order valence-corrected chi connectivity index (χ2v) is 7.96. The number of hydrogen-bond acceptors (Lipinski definition) is 0. The largest absolute Gasteiger partial charge is 0.207 e. The van der Waals surface area contributed by atoms with Crippen molar-refractivity contribution in [2.24, 2.45) is 0 Å². The lowest BCUT2D eigenvalue weighted by molar-refractivity contribution is 0.627. The zero-order chi connectivity index (χ0) is 20.5. The van der Waals surface area contributed by atoms with E-state index >= 15 is 0 Å². The van der Waals surface area contributed by atoms with Gasteiger partial charge in [-0.25, -0.2) is 4.39 Å². The van der Waals surface area contributed by atoms with Crippen LogP contribution in [-0.4, -0.2) is 0 Å². The van der Waals surface area contributed by atoms with E-state index in [2.05, 4.69) is 78.9 Å². The Hall–Kier alpha value is -3.45. The van der Waals surface area contributed by atoms with E-state index in [1.165, 1.54) is 33.0 Å². The van der Waals surface area contributed by atoms with Crippen molar-refractivity contribution in [2.45, 2.75) is 19.8 Å². The van der Waals surface area contributed by atoms with Gasteiger partial charge in [0.2, 0.25) is 0 Å². The molecule has 0 unspecified atom stereocenters. The highest BCUT2D eigenvalue weighted by Crippen LogP contribution is 2.36. The molecule has 0 bridgehead atoms. The molecule has 5 rings (SSSR count). The Bertz CT molecular complexity index is 1270. The van der Waals surface area contributed by atoms with E-state index in [9.17, 15) is 4.39 Å². The molecule has 4 aromatic carbocycles. The standard InChI is InChI=1S/C29H23F/c1-20-17-24(19-25(30)18-20)21-11-13-23(14-12-21)27-16-15-26(22-7-3-2-4-8-22)28-9-5-6-10-29(27)28/h2-3,5-7,9-19H,4,8H2,1H3. The first-order valence-corrected chi connectivity index (χ1v) is 10.4. The molecule has 0 aliphatic heterocycles. The van der Waals surface area contributed by atoms with Crippen LogP contribution in [0.1, 0.15) is 24.0 Å².